The minimum Gasteiger partial charge on any atom is -0.508 e. The molecule has 0 radical (unpaired) electrons. The molecule has 0 amide bonds. The zero-order chi connectivity index (χ0) is 13.1. The molecule has 2 rings (SSSR count). The van der Waals surface area contributed by atoms with Gasteiger partial charge >= 0.3 is 0 Å². The number of aromatic hydroxyl groups is 1. The maximum Gasteiger partial charge on any atom is 0.141 e. The van der Waals surface area contributed by atoms with E-state index in [2.05, 4.69) is 0 Å². The number of hydrogen-bond donors (Lipinski definition) is 1. The van der Waals surface area contributed by atoms with Crippen molar-refractivity contribution < 1.29 is 14.3 Å². The smallest absolute Gasteiger partial charge is 0.141 e. The van der Waals surface area contributed by atoms with Crippen molar-refractivity contribution in [3.05, 3.63) is 65.5 Å². The van der Waals surface area contributed by atoms with Crippen LogP contribution >= 0.6 is 0 Å². The Balaban J connectivity index is 2.46. The predicted octanol–water partition coefficient (Wildman–Crippen LogP) is 3.25. The quantitative estimate of drug-likeness (QED) is 0.899. The Bertz CT molecular complexity index is 561. The van der Waals surface area contributed by atoms with Crippen molar-refractivity contribution in [2.24, 2.45) is 0 Å². The van der Waals surface area contributed by atoms with Gasteiger partial charge in [-0.25, -0.2) is 4.39 Å². The molecular weight excluding hydrogens is 231 g/mol. The van der Waals surface area contributed by atoms with Crippen LogP contribution in [0.3, 0.4) is 0 Å². The molecule has 2 aromatic rings. The standard InChI is InChI=1S/C15H13FO2/c1-10(17)15(11-5-7-14(18)8-6-11)12-3-2-4-13(16)9-12/h2-9,15,18H,1H3. The van der Waals surface area contributed by atoms with E-state index in [0.29, 0.717) is 5.56 Å². The molecule has 3 heteroatoms. The maximum absolute atomic E-state index is 13.2. The Morgan fingerprint density at radius 2 is 1.78 bits per heavy atom. The fraction of sp³-hybridized carbons (Fsp3) is 0.133. The lowest BCUT2D eigenvalue weighted by Crippen LogP contribution is -2.10. The molecule has 1 atom stereocenters. The monoisotopic (exact) mass is 244 g/mol. The summed E-state index contributed by atoms with van der Waals surface area (Å²) in [4.78, 5) is 11.8. The zero-order valence-electron chi connectivity index (χ0n) is 9.93. The van der Waals surface area contributed by atoms with E-state index in [-0.39, 0.29) is 17.3 Å². The van der Waals surface area contributed by atoms with Crippen LogP contribution in [-0.2, 0) is 4.79 Å². The first kappa shape index (κ1) is 12.3. The number of rotatable bonds is 3. The lowest BCUT2D eigenvalue weighted by Gasteiger charge is -2.15. The molecule has 2 nitrogen and oxygen atoms in total. The Kier molecular flexibility index (Phi) is 3.42. The van der Waals surface area contributed by atoms with Crippen molar-refractivity contribution in [1.82, 2.24) is 0 Å². The molecular formula is C15H13FO2. The number of halogens is 1. The highest BCUT2D eigenvalue weighted by molar-refractivity contribution is 5.86. The summed E-state index contributed by atoms with van der Waals surface area (Å²) in [7, 11) is 0. The third-order valence-electron chi connectivity index (χ3n) is 2.81. The van der Waals surface area contributed by atoms with Crippen LogP contribution in [0.1, 0.15) is 24.0 Å². The Morgan fingerprint density at radius 3 is 2.33 bits per heavy atom. The average Bonchev–Trinajstić information content (AvgIpc) is 2.32. The minimum absolute atomic E-state index is 0.0636. The molecule has 0 spiro atoms. The maximum atomic E-state index is 13.2. The van der Waals surface area contributed by atoms with Gasteiger partial charge in [0.25, 0.3) is 0 Å². The lowest BCUT2D eigenvalue weighted by atomic mass is 9.88. The van der Waals surface area contributed by atoms with E-state index >= 15 is 0 Å². The number of hydrogen-bond acceptors (Lipinski definition) is 2. The average molecular weight is 244 g/mol. The van der Waals surface area contributed by atoms with E-state index < -0.39 is 5.92 Å². The molecule has 0 saturated carbocycles. The molecule has 0 aliphatic carbocycles. The largest absolute Gasteiger partial charge is 0.508 e. The Labute approximate surface area is 105 Å². The third-order valence-corrected chi connectivity index (χ3v) is 2.81. The van der Waals surface area contributed by atoms with Crippen LogP contribution in [0.5, 0.6) is 5.75 Å². The van der Waals surface area contributed by atoms with Crippen molar-refractivity contribution in [3.63, 3.8) is 0 Å². The van der Waals surface area contributed by atoms with Gasteiger partial charge in [0.1, 0.15) is 17.3 Å². The van der Waals surface area contributed by atoms with Crippen LogP contribution in [0.15, 0.2) is 48.5 Å². The van der Waals surface area contributed by atoms with Gasteiger partial charge in [0.15, 0.2) is 0 Å². The van der Waals surface area contributed by atoms with Gasteiger partial charge in [0.2, 0.25) is 0 Å². The minimum atomic E-state index is -0.499. The first-order valence-corrected chi connectivity index (χ1v) is 5.63. The molecule has 0 fully saturated rings. The van der Waals surface area contributed by atoms with Gasteiger partial charge in [0, 0.05) is 0 Å². The van der Waals surface area contributed by atoms with Crippen LogP contribution in [0.4, 0.5) is 4.39 Å². The van der Waals surface area contributed by atoms with Crippen LogP contribution in [0.25, 0.3) is 0 Å². The second-order valence-corrected chi connectivity index (χ2v) is 4.19. The van der Waals surface area contributed by atoms with Crippen LogP contribution in [-0.4, -0.2) is 10.9 Å². The number of benzene rings is 2. The molecule has 0 saturated heterocycles. The highest BCUT2D eigenvalue weighted by Gasteiger charge is 2.19. The van der Waals surface area contributed by atoms with Crippen LogP contribution in [0, 0.1) is 5.82 Å². The first-order valence-electron chi connectivity index (χ1n) is 5.63. The summed E-state index contributed by atoms with van der Waals surface area (Å²) in [6.07, 6.45) is 0. The fourth-order valence-corrected chi connectivity index (χ4v) is 2.01. The summed E-state index contributed by atoms with van der Waals surface area (Å²) in [6, 6.07) is 12.4. The summed E-state index contributed by atoms with van der Waals surface area (Å²) in [5, 5.41) is 9.25. The number of ketones is 1. The molecule has 92 valence electrons. The van der Waals surface area contributed by atoms with E-state index in [9.17, 15) is 14.3 Å². The molecule has 0 heterocycles. The molecule has 0 aliphatic heterocycles. The van der Waals surface area contributed by atoms with Crippen molar-refractivity contribution in [2.75, 3.05) is 0 Å². The van der Waals surface area contributed by atoms with Crippen molar-refractivity contribution in [3.8, 4) is 5.75 Å². The Morgan fingerprint density at radius 1 is 1.11 bits per heavy atom. The number of carbonyl (C=O) groups is 1. The molecule has 1 N–H and O–H groups in total. The van der Waals surface area contributed by atoms with Crippen molar-refractivity contribution in [1.29, 1.82) is 0 Å². The van der Waals surface area contributed by atoms with E-state index in [1.807, 2.05) is 0 Å². The van der Waals surface area contributed by atoms with Crippen molar-refractivity contribution in [2.45, 2.75) is 12.8 Å². The summed E-state index contributed by atoms with van der Waals surface area (Å²) < 4.78 is 13.2. The highest BCUT2D eigenvalue weighted by atomic mass is 19.1. The van der Waals surface area contributed by atoms with Crippen LogP contribution < -0.4 is 0 Å². The van der Waals surface area contributed by atoms with Gasteiger partial charge in [-0.05, 0) is 42.3 Å². The van der Waals surface area contributed by atoms with Gasteiger partial charge in [-0.1, -0.05) is 24.3 Å². The number of phenols is 1. The Hall–Kier alpha value is -2.16. The molecule has 0 aliphatic rings. The predicted molar refractivity (Wildman–Crippen MR) is 67.0 cm³/mol. The molecule has 0 bridgehead atoms. The molecule has 18 heavy (non-hydrogen) atoms. The van der Waals surface area contributed by atoms with Crippen molar-refractivity contribution >= 4 is 5.78 Å². The fourth-order valence-electron chi connectivity index (χ4n) is 2.01. The van der Waals surface area contributed by atoms with E-state index in [1.54, 1.807) is 24.3 Å². The summed E-state index contributed by atoms with van der Waals surface area (Å²) in [5.74, 6) is -0.787. The van der Waals surface area contributed by atoms with Gasteiger partial charge < -0.3 is 5.11 Å². The normalized spacial score (nSPS) is 12.1. The molecule has 1 unspecified atom stereocenters. The molecule has 0 aromatic heterocycles. The molecule has 2 aromatic carbocycles. The van der Waals surface area contributed by atoms with Gasteiger partial charge in [-0.15, -0.1) is 0 Å². The number of carbonyl (C=O) groups excluding carboxylic acids is 1. The number of Topliss-reactive ketones (excluding diaryl/α,β-unsaturated/α-hetero) is 1. The zero-order valence-corrected chi connectivity index (χ0v) is 9.93. The second-order valence-electron chi connectivity index (χ2n) is 4.19. The van der Waals surface area contributed by atoms with E-state index in [4.69, 9.17) is 0 Å². The SMILES string of the molecule is CC(=O)C(c1ccc(O)cc1)c1cccc(F)c1. The van der Waals surface area contributed by atoms with Crippen LogP contribution in [0.2, 0.25) is 0 Å². The topological polar surface area (TPSA) is 37.3 Å². The van der Waals surface area contributed by atoms with Gasteiger partial charge in [-0.2, -0.15) is 0 Å². The summed E-state index contributed by atoms with van der Waals surface area (Å²) in [5.41, 5.74) is 1.36. The van der Waals surface area contributed by atoms with E-state index in [0.717, 1.165) is 5.56 Å². The lowest BCUT2D eigenvalue weighted by molar-refractivity contribution is -0.117. The number of phenolic OH excluding ortho intramolecular Hbond substituents is 1. The summed E-state index contributed by atoms with van der Waals surface area (Å²) in [6.45, 7) is 1.47. The summed E-state index contributed by atoms with van der Waals surface area (Å²) >= 11 is 0. The first-order chi connectivity index (χ1) is 8.58. The van der Waals surface area contributed by atoms with E-state index in [1.165, 1.54) is 31.2 Å². The van der Waals surface area contributed by atoms with Gasteiger partial charge in [0.05, 0.1) is 5.92 Å². The van der Waals surface area contributed by atoms with Gasteiger partial charge in [-0.3, -0.25) is 4.79 Å². The highest BCUT2D eigenvalue weighted by Crippen LogP contribution is 2.27. The second kappa shape index (κ2) is 5.00. The third kappa shape index (κ3) is 2.56.